The number of nitrogens with zero attached hydrogens (tertiary/aromatic N) is 3. The maximum Gasteiger partial charge on any atom is 0.418 e. The first-order valence-electron chi connectivity index (χ1n) is 9.56. The quantitative estimate of drug-likeness (QED) is 0.579. The van der Waals surface area contributed by atoms with Crippen LogP contribution in [0.2, 0.25) is 0 Å². The van der Waals surface area contributed by atoms with Crippen molar-refractivity contribution in [1.82, 2.24) is 20.3 Å². The molecule has 3 saturated heterocycles. The van der Waals surface area contributed by atoms with Crippen molar-refractivity contribution in [2.24, 2.45) is 0 Å². The van der Waals surface area contributed by atoms with Gasteiger partial charge in [-0.25, -0.2) is 9.78 Å². The number of hydrogen-bond donors (Lipinski definition) is 3. The van der Waals surface area contributed by atoms with E-state index in [1.165, 1.54) is 4.90 Å². The third-order valence-electron chi connectivity index (χ3n) is 5.65. The van der Waals surface area contributed by atoms with Crippen molar-refractivity contribution in [2.45, 2.75) is 43.7 Å². The van der Waals surface area contributed by atoms with Gasteiger partial charge in [0.15, 0.2) is 0 Å². The summed E-state index contributed by atoms with van der Waals surface area (Å²) in [4.78, 5) is 30.7. The molecule has 3 aliphatic heterocycles. The Bertz CT molecular complexity index is 903. The van der Waals surface area contributed by atoms with Crippen molar-refractivity contribution in [3.05, 3.63) is 23.9 Å². The normalized spacial score (nSPS) is 25.3. The Balaban J connectivity index is 1.44. The lowest BCUT2D eigenvalue weighted by Crippen LogP contribution is -2.47. The predicted molar refractivity (Wildman–Crippen MR) is 101 cm³/mol. The Morgan fingerprint density at radius 2 is 2.03 bits per heavy atom. The van der Waals surface area contributed by atoms with Gasteiger partial charge in [-0.3, -0.25) is 9.35 Å². The van der Waals surface area contributed by atoms with Gasteiger partial charge in [-0.2, -0.15) is 13.5 Å². The molecule has 0 aromatic carbocycles. The third kappa shape index (κ3) is 4.34. The van der Waals surface area contributed by atoms with Gasteiger partial charge in [-0.05, 0) is 62.4 Å². The number of hydroxylamine groups is 2. The highest BCUT2D eigenvalue weighted by atomic mass is 32.3. The summed E-state index contributed by atoms with van der Waals surface area (Å²) in [5.74, 6) is 0.447. The summed E-state index contributed by atoms with van der Waals surface area (Å²) in [6.07, 6.45) is 4.42. The van der Waals surface area contributed by atoms with Gasteiger partial charge in [-0.1, -0.05) is 0 Å². The Labute approximate surface area is 168 Å². The number of carbonyl (C=O) groups is 2. The van der Waals surface area contributed by atoms with Crippen LogP contribution in [0.25, 0.3) is 0 Å². The van der Waals surface area contributed by atoms with Crippen molar-refractivity contribution in [3.63, 3.8) is 0 Å². The lowest BCUT2D eigenvalue weighted by atomic mass is 9.91. The molecule has 3 aliphatic rings. The van der Waals surface area contributed by atoms with E-state index in [1.807, 2.05) is 12.1 Å². The SMILES string of the molecule is O=C(Nc1cc(C2CCNCC2)ccn1)[C@@H]1CC[C@@H]2CN1C(=O)N2OS(=O)(=O)O. The number of urea groups is 1. The highest BCUT2D eigenvalue weighted by Gasteiger charge is 2.49. The highest BCUT2D eigenvalue weighted by Crippen LogP contribution is 2.31. The highest BCUT2D eigenvalue weighted by molar-refractivity contribution is 7.80. The molecule has 4 heterocycles. The summed E-state index contributed by atoms with van der Waals surface area (Å²) < 4.78 is 35.2. The topological polar surface area (TPSA) is 141 Å². The van der Waals surface area contributed by atoms with Gasteiger partial charge in [0.2, 0.25) is 5.91 Å². The first-order chi connectivity index (χ1) is 13.8. The second-order valence-electron chi connectivity index (χ2n) is 7.50. The fourth-order valence-corrected chi connectivity index (χ4v) is 4.63. The minimum absolute atomic E-state index is 0.148. The van der Waals surface area contributed by atoms with Crippen LogP contribution in [0.3, 0.4) is 0 Å². The van der Waals surface area contributed by atoms with E-state index in [0.29, 0.717) is 29.6 Å². The smallest absolute Gasteiger partial charge is 0.317 e. The van der Waals surface area contributed by atoms with Crippen LogP contribution in [0.5, 0.6) is 0 Å². The number of amides is 3. The molecule has 1 aromatic heterocycles. The second kappa shape index (κ2) is 7.86. The van der Waals surface area contributed by atoms with Crippen LogP contribution in [0.4, 0.5) is 10.6 Å². The fourth-order valence-electron chi connectivity index (χ4n) is 4.24. The molecule has 158 valence electrons. The number of carbonyl (C=O) groups excluding carboxylic acids is 2. The Kier molecular flexibility index (Phi) is 5.42. The van der Waals surface area contributed by atoms with Crippen LogP contribution >= 0.6 is 0 Å². The van der Waals surface area contributed by atoms with Crippen molar-refractivity contribution in [3.8, 4) is 0 Å². The lowest BCUT2D eigenvalue weighted by Gasteiger charge is -2.29. The van der Waals surface area contributed by atoms with Crippen LogP contribution < -0.4 is 10.6 Å². The van der Waals surface area contributed by atoms with E-state index >= 15 is 0 Å². The number of hydrogen-bond acceptors (Lipinski definition) is 7. The number of rotatable bonds is 5. The van der Waals surface area contributed by atoms with Crippen molar-refractivity contribution in [2.75, 3.05) is 25.0 Å². The van der Waals surface area contributed by atoms with Crippen molar-refractivity contribution in [1.29, 1.82) is 0 Å². The van der Waals surface area contributed by atoms with Gasteiger partial charge in [0.05, 0.1) is 6.04 Å². The average molecular weight is 425 g/mol. The molecule has 3 fully saturated rings. The molecule has 29 heavy (non-hydrogen) atoms. The van der Waals surface area contributed by atoms with Gasteiger partial charge in [0.1, 0.15) is 11.9 Å². The molecule has 2 atom stereocenters. The van der Waals surface area contributed by atoms with E-state index < -0.39 is 28.5 Å². The molecule has 4 rings (SSSR count). The zero-order valence-electron chi connectivity index (χ0n) is 15.7. The number of piperidine rings is 2. The van der Waals surface area contributed by atoms with E-state index in [2.05, 4.69) is 19.9 Å². The molecule has 1 aromatic rings. The Morgan fingerprint density at radius 3 is 2.76 bits per heavy atom. The summed E-state index contributed by atoms with van der Waals surface area (Å²) in [5, 5.41) is 6.72. The number of anilines is 1. The molecule has 0 saturated carbocycles. The molecule has 3 amide bonds. The summed E-state index contributed by atoms with van der Waals surface area (Å²) in [6, 6.07) is 1.75. The van der Waals surface area contributed by atoms with E-state index in [0.717, 1.165) is 31.5 Å². The Morgan fingerprint density at radius 1 is 1.28 bits per heavy atom. The van der Waals surface area contributed by atoms with E-state index in [-0.39, 0.29) is 12.5 Å². The van der Waals surface area contributed by atoms with Crippen LogP contribution in [0.15, 0.2) is 18.3 Å². The van der Waals surface area contributed by atoms with Crippen LogP contribution in [0.1, 0.15) is 37.2 Å². The number of pyridine rings is 1. The first-order valence-corrected chi connectivity index (χ1v) is 10.9. The van der Waals surface area contributed by atoms with Crippen LogP contribution in [-0.2, 0) is 19.5 Å². The van der Waals surface area contributed by atoms with Gasteiger partial charge >= 0.3 is 16.4 Å². The van der Waals surface area contributed by atoms with E-state index in [4.69, 9.17) is 4.55 Å². The van der Waals surface area contributed by atoms with E-state index in [9.17, 15) is 18.0 Å². The summed E-state index contributed by atoms with van der Waals surface area (Å²) in [7, 11) is -4.82. The molecule has 2 bridgehead atoms. The molecule has 3 N–H and O–H groups in total. The largest absolute Gasteiger partial charge is 0.418 e. The zero-order chi connectivity index (χ0) is 20.6. The van der Waals surface area contributed by atoms with Crippen LogP contribution in [-0.4, -0.2) is 71.6 Å². The molecule has 0 radical (unpaired) electrons. The van der Waals surface area contributed by atoms with Gasteiger partial charge in [-0.15, -0.1) is 4.28 Å². The molecule has 11 nitrogen and oxygen atoms in total. The number of nitrogens with one attached hydrogen (secondary N) is 2. The molecular formula is C17H23N5O6S. The summed E-state index contributed by atoms with van der Waals surface area (Å²) in [5.41, 5.74) is 1.12. The standard InChI is InChI=1S/C17H23N5O6S/c23-16(20-15-9-12(5-8-19-15)11-3-6-18-7-4-11)14-2-1-13-10-21(14)17(24)22(13)28-29(25,26)27/h5,8-9,11,13-14,18H,1-4,6-7,10H2,(H,19,20,23)(H,25,26,27)/t13-,14+/m1/s1. The van der Waals surface area contributed by atoms with E-state index in [1.54, 1.807) is 6.20 Å². The zero-order valence-corrected chi connectivity index (χ0v) is 16.5. The maximum atomic E-state index is 12.8. The number of aromatic nitrogens is 1. The molecule has 0 aliphatic carbocycles. The molecule has 0 spiro atoms. The molecule has 0 unspecified atom stereocenters. The fraction of sp³-hybridized carbons (Fsp3) is 0.588. The van der Waals surface area contributed by atoms with Crippen molar-refractivity contribution < 1.29 is 26.8 Å². The number of fused-ring (bicyclic) bond motifs is 2. The minimum atomic E-state index is -4.82. The van der Waals surface area contributed by atoms with Gasteiger partial charge in [0.25, 0.3) is 0 Å². The monoisotopic (exact) mass is 425 g/mol. The third-order valence-corrected chi connectivity index (χ3v) is 5.99. The first kappa shape index (κ1) is 20.0. The van der Waals surface area contributed by atoms with Crippen molar-refractivity contribution >= 4 is 28.2 Å². The second-order valence-corrected chi connectivity index (χ2v) is 8.50. The minimum Gasteiger partial charge on any atom is -0.317 e. The molecular weight excluding hydrogens is 402 g/mol. The predicted octanol–water partition coefficient (Wildman–Crippen LogP) is 0.490. The summed E-state index contributed by atoms with van der Waals surface area (Å²) >= 11 is 0. The van der Waals surface area contributed by atoms with Gasteiger partial charge in [0, 0.05) is 12.7 Å². The average Bonchev–Trinajstić information content (AvgIpc) is 2.92. The molecule has 12 heteroatoms. The lowest BCUT2D eigenvalue weighted by molar-refractivity contribution is -0.120. The Hall–Kier alpha value is -2.28. The van der Waals surface area contributed by atoms with Crippen LogP contribution in [0, 0.1) is 0 Å². The maximum absolute atomic E-state index is 12.8. The summed E-state index contributed by atoms with van der Waals surface area (Å²) in [6.45, 7) is 2.06. The van der Waals surface area contributed by atoms with Gasteiger partial charge < -0.3 is 15.5 Å².